The largest absolute Gasteiger partial charge is 0.393 e. The number of hydrogen-bond acceptors (Lipinski definition) is 4. The van der Waals surface area contributed by atoms with Crippen molar-refractivity contribution in [3.05, 3.63) is 29.8 Å². The van der Waals surface area contributed by atoms with Gasteiger partial charge in [-0.15, -0.1) is 0 Å². The van der Waals surface area contributed by atoms with Crippen molar-refractivity contribution in [3.63, 3.8) is 0 Å². The minimum Gasteiger partial charge on any atom is -0.393 e. The Morgan fingerprint density at radius 3 is 2.56 bits per heavy atom. The van der Waals surface area contributed by atoms with Crippen molar-refractivity contribution < 1.29 is 9.90 Å². The topological polar surface area (TPSA) is 87.4 Å². The van der Waals surface area contributed by atoms with Gasteiger partial charge in [-0.25, -0.2) is 0 Å². The van der Waals surface area contributed by atoms with Crippen LogP contribution in [-0.4, -0.2) is 23.2 Å². The van der Waals surface area contributed by atoms with Crippen molar-refractivity contribution in [1.82, 2.24) is 5.32 Å². The Hall–Kier alpha value is -1.59. The minimum absolute atomic E-state index is 0.120. The van der Waals surface area contributed by atoms with E-state index in [1.165, 1.54) is 0 Å². The van der Waals surface area contributed by atoms with Crippen LogP contribution in [0.4, 0.5) is 5.69 Å². The Labute approximate surface area is 106 Å². The lowest BCUT2D eigenvalue weighted by atomic mass is 9.93. The highest BCUT2D eigenvalue weighted by molar-refractivity contribution is 5.99. The van der Waals surface area contributed by atoms with Gasteiger partial charge in [0, 0.05) is 6.04 Å². The van der Waals surface area contributed by atoms with Gasteiger partial charge in [-0.2, -0.15) is 0 Å². The van der Waals surface area contributed by atoms with E-state index in [4.69, 9.17) is 5.84 Å². The predicted molar refractivity (Wildman–Crippen MR) is 70.0 cm³/mol. The van der Waals surface area contributed by atoms with Crippen LogP contribution in [0.5, 0.6) is 0 Å². The van der Waals surface area contributed by atoms with Crippen LogP contribution in [-0.2, 0) is 0 Å². The van der Waals surface area contributed by atoms with Crippen LogP contribution in [0.25, 0.3) is 0 Å². The Kier molecular flexibility index (Phi) is 4.17. The number of anilines is 1. The molecule has 0 bridgehead atoms. The number of aliphatic hydroxyl groups excluding tert-OH is 1. The maximum Gasteiger partial charge on any atom is 0.253 e. The fraction of sp³-hybridized carbons (Fsp3) is 0.462. The molecule has 0 atom stereocenters. The molecule has 0 spiro atoms. The summed E-state index contributed by atoms with van der Waals surface area (Å²) in [4.78, 5) is 12.1. The molecule has 5 nitrogen and oxygen atoms in total. The first-order valence-electron chi connectivity index (χ1n) is 6.25. The number of para-hydroxylation sites is 1. The van der Waals surface area contributed by atoms with Crippen molar-refractivity contribution in [3.8, 4) is 0 Å². The van der Waals surface area contributed by atoms with Gasteiger partial charge in [-0.3, -0.25) is 10.6 Å². The third-order valence-electron chi connectivity index (χ3n) is 3.36. The average molecular weight is 249 g/mol. The van der Waals surface area contributed by atoms with Gasteiger partial charge in [0.1, 0.15) is 0 Å². The molecule has 1 aromatic carbocycles. The van der Waals surface area contributed by atoms with Gasteiger partial charge in [0.25, 0.3) is 5.91 Å². The van der Waals surface area contributed by atoms with Gasteiger partial charge in [-0.1, -0.05) is 12.1 Å². The van der Waals surface area contributed by atoms with Crippen molar-refractivity contribution in [2.24, 2.45) is 5.84 Å². The van der Waals surface area contributed by atoms with E-state index in [0.29, 0.717) is 11.3 Å². The highest BCUT2D eigenvalue weighted by atomic mass is 16.3. The summed E-state index contributed by atoms with van der Waals surface area (Å²) >= 11 is 0. The maximum absolute atomic E-state index is 12.1. The number of carbonyl (C=O) groups excluding carboxylic acids is 1. The second-order valence-electron chi connectivity index (χ2n) is 4.67. The number of carbonyl (C=O) groups is 1. The molecule has 1 aromatic rings. The third-order valence-corrected chi connectivity index (χ3v) is 3.36. The summed E-state index contributed by atoms with van der Waals surface area (Å²) in [6.45, 7) is 0. The minimum atomic E-state index is -0.212. The number of amides is 1. The first-order chi connectivity index (χ1) is 8.70. The zero-order valence-electron chi connectivity index (χ0n) is 10.2. The number of rotatable bonds is 3. The number of nitrogens with one attached hydrogen (secondary N) is 2. The molecule has 5 N–H and O–H groups in total. The van der Waals surface area contributed by atoms with Crippen molar-refractivity contribution in [2.75, 3.05) is 5.43 Å². The molecule has 1 saturated carbocycles. The molecule has 18 heavy (non-hydrogen) atoms. The fourth-order valence-corrected chi connectivity index (χ4v) is 2.29. The molecular weight excluding hydrogens is 230 g/mol. The van der Waals surface area contributed by atoms with E-state index in [2.05, 4.69) is 10.7 Å². The van der Waals surface area contributed by atoms with Crippen LogP contribution in [0, 0.1) is 0 Å². The molecule has 0 unspecified atom stereocenters. The van der Waals surface area contributed by atoms with E-state index in [0.717, 1.165) is 25.7 Å². The first-order valence-corrected chi connectivity index (χ1v) is 6.25. The zero-order chi connectivity index (χ0) is 13.0. The molecule has 2 rings (SSSR count). The standard InChI is InChI=1S/C13H19N3O2/c14-16-12-4-2-1-3-11(12)13(18)15-9-5-7-10(17)8-6-9/h1-4,9-10,16-17H,5-8,14H2,(H,15,18). The number of nitrogens with two attached hydrogens (primary N) is 1. The molecule has 0 radical (unpaired) electrons. The second-order valence-corrected chi connectivity index (χ2v) is 4.67. The van der Waals surface area contributed by atoms with Gasteiger partial charge in [0.2, 0.25) is 0 Å². The molecule has 1 aliphatic rings. The zero-order valence-corrected chi connectivity index (χ0v) is 10.2. The monoisotopic (exact) mass is 249 g/mol. The van der Waals surface area contributed by atoms with E-state index in [1.54, 1.807) is 18.2 Å². The number of hydrogen-bond donors (Lipinski definition) is 4. The lowest BCUT2D eigenvalue weighted by molar-refractivity contribution is 0.0868. The second kappa shape index (κ2) is 5.84. The molecule has 0 aliphatic heterocycles. The SMILES string of the molecule is NNc1ccccc1C(=O)NC1CCC(O)CC1. The van der Waals surface area contributed by atoms with Gasteiger partial charge in [-0.05, 0) is 37.8 Å². The molecule has 0 aromatic heterocycles. The normalized spacial score (nSPS) is 23.4. The lowest BCUT2D eigenvalue weighted by Gasteiger charge is -2.26. The lowest BCUT2D eigenvalue weighted by Crippen LogP contribution is -2.38. The molecule has 0 heterocycles. The number of nitrogen functional groups attached to an aromatic ring is 1. The van der Waals surface area contributed by atoms with Gasteiger partial charge in [0.05, 0.1) is 17.4 Å². The van der Waals surface area contributed by atoms with Crippen LogP contribution < -0.4 is 16.6 Å². The molecule has 98 valence electrons. The van der Waals surface area contributed by atoms with Crippen molar-refractivity contribution in [1.29, 1.82) is 0 Å². The van der Waals surface area contributed by atoms with Crippen LogP contribution >= 0.6 is 0 Å². The summed E-state index contributed by atoms with van der Waals surface area (Å²) in [6.07, 6.45) is 2.94. The van der Waals surface area contributed by atoms with Gasteiger partial charge < -0.3 is 15.8 Å². The summed E-state index contributed by atoms with van der Waals surface area (Å²) in [5.74, 6) is 5.26. The highest BCUT2D eigenvalue weighted by Crippen LogP contribution is 2.20. The molecule has 5 heteroatoms. The summed E-state index contributed by atoms with van der Waals surface area (Å²) in [5.41, 5.74) is 3.68. The average Bonchev–Trinajstić information content (AvgIpc) is 2.41. The third kappa shape index (κ3) is 3.00. The Bertz CT molecular complexity index is 414. The van der Waals surface area contributed by atoms with E-state index in [1.807, 2.05) is 6.07 Å². The highest BCUT2D eigenvalue weighted by Gasteiger charge is 2.21. The Balaban J connectivity index is 1.99. The van der Waals surface area contributed by atoms with E-state index < -0.39 is 0 Å². The number of hydrazine groups is 1. The number of aliphatic hydroxyl groups is 1. The smallest absolute Gasteiger partial charge is 0.253 e. The van der Waals surface area contributed by atoms with Crippen molar-refractivity contribution in [2.45, 2.75) is 37.8 Å². The van der Waals surface area contributed by atoms with Gasteiger partial charge in [0.15, 0.2) is 0 Å². The van der Waals surface area contributed by atoms with Crippen LogP contribution in [0.15, 0.2) is 24.3 Å². The van der Waals surface area contributed by atoms with Crippen LogP contribution in [0.1, 0.15) is 36.0 Å². The van der Waals surface area contributed by atoms with Crippen LogP contribution in [0.2, 0.25) is 0 Å². The Morgan fingerprint density at radius 1 is 1.22 bits per heavy atom. The van der Waals surface area contributed by atoms with Crippen molar-refractivity contribution >= 4 is 11.6 Å². The quantitative estimate of drug-likeness (QED) is 0.475. The summed E-state index contributed by atoms with van der Waals surface area (Å²) in [7, 11) is 0. The maximum atomic E-state index is 12.1. The van der Waals surface area contributed by atoms with Crippen LogP contribution in [0.3, 0.4) is 0 Å². The molecular formula is C13H19N3O2. The van der Waals surface area contributed by atoms with E-state index in [9.17, 15) is 9.90 Å². The summed E-state index contributed by atoms with van der Waals surface area (Å²) < 4.78 is 0. The summed E-state index contributed by atoms with van der Waals surface area (Å²) in [5, 5.41) is 12.4. The molecule has 1 aliphatic carbocycles. The van der Waals surface area contributed by atoms with E-state index >= 15 is 0 Å². The van der Waals surface area contributed by atoms with E-state index in [-0.39, 0.29) is 18.1 Å². The Morgan fingerprint density at radius 2 is 1.89 bits per heavy atom. The first kappa shape index (κ1) is 12.9. The summed E-state index contributed by atoms with van der Waals surface area (Å²) in [6, 6.07) is 7.28. The molecule has 1 fully saturated rings. The molecule has 0 saturated heterocycles. The van der Waals surface area contributed by atoms with Gasteiger partial charge >= 0.3 is 0 Å². The number of benzene rings is 1. The fourth-order valence-electron chi connectivity index (χ4n) is 2.29. The molecule has 1 amide bonds. The predicted octanol–water partition coefficient (Wildman–Crippen LogP) is 1.01.